The fourth-order valence-electron chi connectivity index (χ4n) is 2.50. The minimum atomic E-state index is -0.444. The zero-order valence-corrected chi connectivity index (χ0v) is 13.2. The van der Waals surface area contributed by atoms with Gasteiger partial charge >= 0.3 is 0 Å². The number of hydroxylamine groups is 2. The molecule has 2 aromatic carbocycles. The van der Waals surface area contributed by atoms with Gasteiger partial charge in [-0.25, -0.2) is 0 Å². The number of hydrogen-bond acceptors (Lipinski definition) is 5. The van der Waals surface area contributed by atoms with Crippen LogP contribution in [0, 0.1) is 6.92 Å². The Morgan fingerprint density at radius 3 is 2.29 bits per heavy atom. The lowest BCUT2D eigenvalue weighted by atomic mass is 10.1. The summed E-state index contributed by atoms with van der Waals surface area (Å²) in [7, 11) is 0. The molecular formula is C18H17NO5. The molecule has 0 aliphatic carbocycles. The number of fused-ring (bicyclic) bond motifs is 1. The molecule has 1 aliphatic heterocycles. The molecule has 124 valence electrons. The number of rotatable bonds is 6. The number of ether oxygens (including phenoxy) is 1. The highest BCUT2D eigenvalue weighted by Gasteiger charge is 2.36. The quantitative estimate of drug-likeness (QED) is 0.652. The van der Waals surface area contributed by atoms with Crippen molar-refractivity contribution >= 4 is 11.8 Å². The number of benzene rings is 2. The van der Waals surface area contributed by atoms with Gasteiger partial charge < -0.3 is 9.84 Å². The minimum Gasteiger partial charge on any atom is -0.508 e. The van der Waals surface area contributed by atoms with E-state index in [2.05, 4.69) is 0 Å². The molecule has 0 aromatic heterocycles. The van der Waals surface area contributed by atoms with Gasteiger partial charge in [0, 0.05) is 12.5 Å². The molecule has 0 atom stereocenters. The van der Waals surface area contributed by atoms with E-state index in [0.717, 1.165) is 10.6 Å². The van der Waals surface area contributed by atoms with E-state index in [4.69, 9.17) is 9.57 Å². The van der Waals surface area contributed by atoms with Crippen molar-refractivity contribution in [3.63, 3.8) is 0 Å². The molecule has 0 saturated heterocycles. The Morgan fingerprint density at radius 1 is 1.00 bits per heavy atom. The van der Waals surface area contributed by atoms with Crippen molar-refractivity contribution in [3.05, 3.63) is 59.2 Å². The maximum atomic E-state index is 12.1. The molecule has 2 aromatic rings. The van der Waals surface area contributed by atoms with Gasteiger partial charge in [-0.05, 0) is 36.8 Å². The molecule has 24 heavy (non-hydrogen) atoms. The Labute approximate surface area is 139 Å². The number of aryl methyl sites for hydroxylation is 1. The van der Waals surface area contributed by atoms with E-state index in [1.54, 1.807) is 30.3 Å². The average molecular weight is 327 g/mol. The molecule has 1 heterocycles. The molecule has 0 radical (unpaired) electrons. The molecule has 1 aliphatic rings. The first-order chi connectivity index (χ1) is 11.6. The molecule has 0 saturated carbocycles. The molecule has 0 spiro atoms. The third-order valence-corrected chi connectivity index (χ3v) is 3.57. The average Bonchev–Trinajstić information content (AvgIpc) is 2.79. The third-order valence-electron chi connectivity index (χ3n) is 3.57. The van der Waals surface area contributed by atoms with E-state index < -0.39 is 11.8 Å². The molecule has 6 heteroatoms. The lowest BCUT2D eigenvalue weighted by Gasteiger charge is -2.13. The summed E-state index contributed by atoms with van der Waals surface area (Å²) in [6.45, 7) is 2.37. The van der Waals surface area contributed by atoms with Crippen molar-refractivity contribution in [2.45, 2.75) is 13.3 Å². The van der Waals surface area contributed by atoms with Crippen LogP contribution in [0.1, 0.15) is 32.7 Å². The second kappa shape index (κ2) is 6.72. The Morgan fingerprint density at radius 2 is 1.67 bits per heavy atom. The second-order valence-corrected chi connectivity index (χ2v) is 5.49. The van der Waals surface area contributed by atoms with Gasteiger partial charge in [0.25, 0.3) is 11.8 Å². The summed E-state index contributed by atoms with van der Waals surface area (Å²) >= 11 is 0. The van der Waals surface area contributed by atoms with Gasteiger partial charge in [-0.3, -0.25) is 14.4 Å². The van der Waals surface area contributed by atoms with Crippen LogP contribution in [0.3, 0.4) is 0 Å². The van der Waals surface area contributed by atoms with Crippen molar-refractivity contribution in [1.82, 2.24) is 5.06 Å². The number of imide groups is 1. The third kappa shape index (κ3) is 3.23. The summed E-state index contributed by atoms with van der Waals surface area (Å²) in [5.41, 5.74) is 1.61. The number of amides is 2. The largest absolute Gasteiger partial charge is 0.508 e. The van der Waals surface area contributed by atoms with Gasteiger partial charge in [0.05, 0.1) is 24.3 Å². The zero-order chi connectivity index (χ0) is 17.1. The fraction of sp³-hybridized carbons (Fsp3) is 0.222. The van der Waals surface area contributed by atoms with Crippen LogP contribution >= 0.6 is 0 Å². The summed E-state index contributed by atoms with van der Waals surface area (Å²) in [6.07, 6.45) is 0.488. The van der Waals surface area contributed by atoms with E-state index in [1.165, 1.54) is 6.07 Å². The lowest BCUT2D eigenvalue weighted by Crippen LogP contribution is -2.30. The lowest BCUT2D eigenvalue weighted by molar-refractivity contribution is -0.0935. The highest BCUT2D eigenvalue weighted by Crippen LogP contribution is 2.23. The van der Waals surface area contributed by atoms with Gasteiger partial charge in [-0.1, -0.05) is 12.1 Å². The first-order valence-corrected chi connectivity index (χ1v) is 7.60. The number of hydrogen-bond donors (Lipinski definition) is 1. The second-order valence-electron chi connectivity index (χ2n) is 5.49. The molecule has 0 unspecified atom stereocenters. The molecule has 6 nitrogen and oxygen atoms in total. The smallest absolute Gasteiger partial charge is 0.285 e. The SMILES string of the molecule is Cc1cc(O)cc(OCCCON2C(=O)c3ccccc3C2=O)c1. The summed E-state index contributed by atoms with van der Waals surface area (Å²) in [4.78, 5) is 29.5. The summed E-state index contributed by atoms with van der Waals surface area (Å²) in [5, 5.41) is 10.3. The Kier molecular flexibility index (Phi) is 4.48. The highest BCUT2D eigenvalue weighted by atomic mass is 16.7. The topological polar surface area (TPSA) is 76.1 Å². The molecule has 2 amide bonds. The van der Waals surface area contributed by atoms with E-state index in [9.17, 15) is 14.7 Å². The van der Waals surface area contributed by atoms with Crippen molar-refractivity contribution in [2.24, 2.45) is 0 Å². The van der Waals surface area contributed by atoms with Crippen molar-refractivity contribution in [2.75, 3.05) is 13.2 Å². The first kappa shape index (κ1) is 16.0. The summed E-state index contributed by atoms with van der Waals surface area (Å²) in [6, 6.07) is 11.6. The van der Waals surface area contributed by atoms with Crippen LogP contribution in [-0.4, -0.2) is 35.2 Å². The van der Waals surface area contributed by atoms with E-state index in [-0.39, 0.29) is 12.4 Å². The van der Waals surface area contributed by atoms with Crippen LogP contribution in [0.15, 0.2) is 42.5 Å². The van der Waals surface area contributed by atoms with Crippen LogP contribution in [0.5, 0.6) is 11.5 Å². The van der Waals surface area contributed by atoms with E-state index in [1.807, 2.05) is 13.0 Å². The van der Waals surface area contributed by atoms with E-state index >= 15 is 0 Å². The molecule has 3 rings (SSSR count). The van der Waals surface area contributed by atoms with Crippen LogP contribution in [0.2, 0.25) is 0 Å². The zero-order valence-electron chi connectivity index (χ0n) is 13.2. The van der Waals surface area contributed by atoms with Crippen LogP contribution in [0.4, 0.5) is 0 Å². The number of aromatic hydroxyl groups is 1. The maximum absolute atomic E-state index is 12.1. The van der Waals surface area contributed by atoms with Gasteiger partial charge in [-0.2, -0.15) is 0 Å². The molecular weight excluding hydrogens is 310 g/mol. The minimum absolute atomic E-state index is 0.146. The van der Waals surface area contributed by atoms with Crippen LogP contribution in [-0.2, 0) is 4.84 Å². The highest BCUT2D eigenvalue weighted by molar-refractivity contribution is 6.20. The fourth-order valence-corrected chi connectivity index (χ4v) is 2.50. The van der Waals surface area contributed by atoms with Gasteiger partial charge in [0.15, 0.2) is 0 Å². The molecule has 0 bridgehead atoms. The standard InChI is InChI=1S/C18H17NO5/c1-12-9-13(20)11-14(10-12)23-7-4-8-24-19-17(21)15-5-2-3-6-16(15)18(19)22/h2-3,5-6,9-11,20H,4,7-8H2,1H3. The van der Waals surface area contributed by atoms with E-state index in [0.29, 0.717) is 29.9 Å². The van der Waals surface area contributed by atoms with Gasteiger partial charge in [0.1, 0.15) is 11.5 Å². The Bertz CT molecular complexity index is 731. The number of phenols is 1. The summed E-state index contributed by atoms with van der Waals surface area (Å²) < 4.78 is 5.52. The maximum Gasteiger partial charge on any atom is 0.285 e. The Hall–Kier alpha value is -2.86. The van der Waals surface area contributed by atoms with Crippen molar-refractivity contribution in [3.8, 4) is 11.5 Å². The predicted octanol–water partition coefficient (Wildman–Crippen LogP) is 2.70. The number of carbonyl (C=O) groups is 2. The molecule has 0 fully saturated rings. The normalized spacial score (nSPS) is 13.3. The van der Waals surface area contributed by atoms with Crippen molar-refractivity contribution < 1.29 is 24.3 Å². The number of carbonyl (C=O) groups excluding carboxylic acids is 2. The monoisotopic (exact) mass is 327 g/mol. The summed E-state index contributed by atoms with van der Waals surface area (Å²) in [5.74, 6) is -0.180. The van der Waals surface area contributed by atoms with Crippen LogP contribution in [0.25, 0.3) is 0 Å². The first-order valence-electron chi connectivity index (χ1n) is 7.60. The molecule has 1 N–H and O–H groups in total. The van der Waals surface area contributed by atoms with Gasteiger partial charge in [0.2, 0.25) is 0 Å². The number of phenolic OH excluding ortho intramolecular Hbond substituents is 1. The van der Waals surface area contributed by atoms with Crippen molar-refractivity contribution in [1.29, 1.82) is 0 Å². The number of nitrogens with zero attached hydrogens (tertiary/aromatic N) is 1. The Balaban J connectivity index is 1.48. The van der Waals surface area contributed by atoms with Gasteiger partial charge in [-0.15, -0.1) is 5.06 Å². The van der Waals surface area contributed by atoms with Crippen LogP contribution < -0.4 is 4.74 Å². The predicted molar refractivity (Wildman–Crippen MR) is 85.8 cm³/mol.